The van der Waals surface area contributed by atoms with Crippen LogP contribution in [-0.2, 0) is 19.9 Å². The van der Waals surface area contributed by atoms with Gasteiger partial charge in [0.05, 0.1) is 5.56 Å². The van der Waals surface area contributed by atoms with Crippen molar-refractivity contribution < 1.29 is 23.9 Å². The number of rotatable bonds is 6. The van der Waals surface area contributed by atoms with E-state index in [9.17, 15) is 19.2 Å². The Morgan fingerprint density at radius 2 is 1.31 bits per heavy atom. The highest BCUT2D eigenvalue weighted by Crippen LogP contribution is 2.51. The van der Waals surface area contributed by atoms with E-state index >= 15 is 0 Å². The summed E-state index contributed by atoms with van der Waals surface area (Å²) in [5.74, 6) is -1.59. The minimum atomic E-state index is -2.21. The quantitative estimate of drug-likeness (QED) is 0.247. The molecule has 3 aromatic carbocycles. The van der Waals surface area contributed by atoms with Gasteiger partial charge >= 0.3 is 5.97 Å². The zero-order valence-corrected chi connectivity index (χ0v) is 27.9. The third kappa shape index (κ3) is 4.20. The van der Waals surface area contributed by atoms with Crippen LogP contribution < -0.4 is 25.5 Å². The number of anilines is 2. The summed E-state index contributed by atoms with van der Waals surface area (Å²) in [7, 11) is -2.21. The zero-order valence-electron chi connectivity index (χ0n) is 26.9. The highest BCUT2D eigenvalue weighted by Gasteiger charge is 2.58. The number of nitrogens with one attached hydrogen (secondary N) is 1. The number of fused-ring (bicyclic) bond motifs is 8. The van der Waals surface area contributed by atoms with Crippen molar-refractivity contribution in [2.24, 2.45) is 0 Å². The highest BCUT2D eigenvalue weighted by molar-refractivity contribution is 7.03. The fourth-order valence-corrected chi connectivity index (χ4v) is 14.6. The lowest BCUT2D eigenvalue weighted by Crippen LogP contribution is -2.67. The first kappa shape index (κ1) is 29.4. The fraction of sp³-hybridized carbons (Fsp3) is 0.368. The van der Waals surface area contributed by atoms with Crippen molar-refractivity contribution in [3.05, 3.63) is 94.6 Å². The molecule has 0 atom stereocenters. The van der Waals surface area contributed by atoms with Crippen LogP contribution in [0, 0.1) is 0 Å². The molecule has 0 aromatic heterocycles. The average Bonchev–Trinajstić information content (AvgIpc) is 3.53. The molecule has 3 saturated heterocycles. The first-order valence-electron chi connectivity index (χ1n) is 17.4. The predicted molar refractivity (Wildman–Crippen MR) is 185 cm³/mol. The monoisotopic (exact) mass is 658 g/mol. The normalized spacial score (nSPS) is 21.1. The molecule has 0 aliphatic carbocycles. The second-order valence-electron chi connectivity index (χ2n) is 14.0. The van der Waals surface area contributed by atoms with Crippen molar-refractivity contribution in [1.29, 1.82) is 0 Å². The van der Waals surface area contributed by atoms with Crippen LogP contribution in [0.2, 0.25) is 12.1 Å². The van der Waals surface area contributed by atoms with Gasteiger partial charge in [-0.3, -0.25) is 19.3 Å². The maximum Gasteiger partial charge on any atom is 0.340 e. The molecule has 48 heavy (non-hydrogen) atoms. The molecular formula is C38H38N4O5Si. The SMILES string of the molecule is O=C(NCCN1C(=O)C=CC1=O)c1ccc2c(c1)C(=O)OC21c2ccc(N3CCC3)cc2[Si]2(CCCCC2)c2cc(N3CCC3)ccc21. The largest absolute Gasteiger partial charge is 0.441 e. The van der Waals surface area contributed by atoms with E-state index in [0.717, 1.165) is 47.8 Å². The Morgan fingerprint density at radius 3 is 1.88 bits per heavy atom. The van der Waals surface area contributed by atoms with Gasteiger partial charge in [-0.2, -0.15) is 0 Å². The Labute approximate surface area is 280 Å². The van der Waals surface area contributed by atoms with Crippen molar-refractivity contribution in [2.45, 2.75) is 49.8 Å². The van der Waals surface area contributed by atoms with Crippen molar-refractivity contribution in [2.75, 3.05) is 49.1 Å². The van der Waals surface area contributed by atoms with Crippen LogP contribution in [0.3, 0.4) is 0 Å². The topological polar surface area (TPSA) is 99.3 Å². The summed E-state index contributed by atoms with van der Waals surface area (Å²) < 4.78 is 6.67. The van der Waals surface area contributed by atoms with Gasteiger partial charge in [-0.05, 0) is 71.7 Å². The van der Waals surface area contributed by atoms with Crippen LogP contribution in [0.1, 0.15) is 69.5 Å². The van der Waals surface area contributed by atoms with E-state index in [2.05, 4.69) is 51.5 Å². The third-order valence-electron chi connectivity index (χ3n) is 11.6. The minimum Gasteiger partial charge on any atom is -0.441 e. The Bertz CT molecular complexity index is 1860. The number of hydrogen-bond donors (Lipinski definition) is 1. The molecule has 6 aliphatic heterocycles. The van der Waals surface area contributed by atoms with E-state index in [1.165, 1.54) is 78.1 Å². The van der Waals surface area contributed by atoms with Gasteiger partial charge in [-0.15, -0.1) is 0 Å². The number of esters is 1. The standard InChI is InChI=1S/C38H38N4O5Si/c43-34-12-13-35(44)42(34)19-14-39-36(45)25-6-9-29-28(22-25)37(46)47-38(29)30-10-7-26(40-15-4-16-40)23-32(30)48(20-2-1-3-21-48)33-24-27(8-11-31(33)38)41-17-5-18-41/h6-13,22-24H,1-5,14-21H2,(H,39,45). The van der Waals surface area contributed by atoms with Gasteiger partial charge in [-0.25, -0.2) is 4.79 Å². The van der Waals surface area contributed by atoms with Crippen molar-refractivity contribution in [3.63, 3.8) is 0 Å². The summed E-state index contributed by atoms with van der Waals surface area (Å²) in [6.07, 6.45) is 8.55. The molecule has 9 nitrogen and oxygen atoms in total. The van der Waals surface area contributed by atoms with Crippen LogP contribution in [0.5, 0.6) is 0 Å². The lowest BCUT2D eigenvalue weighted by Gasteiger charge is -2.49. The van der Waals surface area contributed by atoms with Crippen LogP contribution in [0.15, 0.2) is 66.7 Å². The van der Waals surface area contributed by atoms with E-state index in [-0.39, 0.29) is 30.8 Å². The van der Waals surface area contributed by atoms with Crippen molar-refractivity contribution in [1.82, 2.24) is 10.2 Å². The Morgan fingerprint density at radius 1 is 0.729 bits per heavy atom. The molecule has 3 fully saturated rings. The molecule has 6 heterocycles. The van der Waals surface area contributed by atoms with Crippen LogP contribution in [0.25, 0.3) is 0 Å². The van der Waals surface area contributed by atoms with Crippen LogP contribution in [0.4, 0.5) is 11.4 Å². The van der Waals surface area contributed by atoms with Gasteiger partial charge in [0.25, 0.3) is 17.7 Å². The maximum absolute atomic E-state index is 14.0. The predicted octanol–water partition coefficient (Wildman–Crippen LogP) is 3.28. The summed E-state index contributed by atoms with van der Waals surface area (Å²) in [5, 5.41) is 5.61. The second-order valence-corrected chi connectivity index (χ2v) is 18.3. The fourth-order valence-electron chi connectivity index (χ4n) is 8.84. The molecule has 3 amide bonds. The Balaban J connectivity index is 1.15. The van der Waals surface area contributed by atoms with Gasteiger partial charge < -0.3 is 19.9 Å². The molecule has 2 spiro atoms. The van der Waals surface area contributed by atoms with E-state index in [0.29, 0.717) is 11.1 Å². The van der Waals surface area contributed by atoms with Gasteiger partial charge in [0, 0.05) is 85.0 Å². The van der Waals surface area contributed by atoms with Crippen molar-refractivity contribution in [3.8, 4) is 0 Å². The molecule has 6 aliphatic rings. The first-order valence-corrected chi connectivity index (χ1v) is 19.8. The number of imide groups is 1. The molecule has 10 heteroatoms. The van der Waals surface area contributed by atoms with Crippen molar-refractivity contribution >= 4 is 53.5 Å². The molecule has 0 unspecified atom stereocenters. The van der Waals surface area contributed by atoms with E-state index in [1.807, 2.05) is 6.07 Å². The van der Waals surface area contributed by atoms with Crippen LogP contribution >= 0.6 is 0 Å². The van der Waals surface area contributed by atoms with Gasteiger partial charge in [0.2, 0.25) is 0 Å². The molecule has 9 rings (SSSR count). The Kier molecular flexibility index (Phi) is 6.69. The number of amides is 3. The number of nitrogens with zero attached hydrogens (tertiary/aromatic N) is 3. The molecule has 0 bridgehead atoms. The molecule has 1 N–H and O–H groups in total. The highest BCUT2D eigenvalue weighted by atomic mass is 28.3. The Hall–Kier alpha value is -4.70. The minimum absolute atomic E-state index is 0.0739. The first-order chi connectivity index (χ1) is 23.4. The number of carbonyl (C=O) groups excluding carboxylic acids is 4. The number of carbonyl (C=O) groups is 4. The lowest BCUT2D eigenvalue weighted by molar-refractivity contribution is -0.136. The van der Waals surface area contributed by atoms with E-state index in [4.69, 9.17) is 4.74 Å². The van der Waals surface area contributed by atoms with E-state index < -0.39 is 19.6 Å². The lowest BCUT2D eigenvalue weighted by atomic mass is 9.78. The third-order valence-corrected chi connectivity index (χ3v) is 16.9. The summed E-state index contributed by atoms with van der Waals surface area (Å²) >= 11 is 0. The molecule has 244 valence electrons. The number of hydrogen-bond acceptors (Lipinski definition) is 7. The molecular weight excluding hydrogens is 621 g/mol. The molecule has 0 saturated carbocycles. The summed E-state index contributed by atoms with van der Waals surface area (Å²) in [4.78, 5) is 57.0. The van der Waals surface area contributed by atoms with Crippen LogP contribution in [-0.4, -0.2) is 75.9 Å². The smallest absolute Gasteiger partial charge is 0.340 e. The van der Waals surface area contributed by atoms with Gasteiger partial charge in [-0.1, -0.05) is 37.5 Å². The molecule has 3 aromatic rings. The average molecular weight is 659 g/mol. The van der Waals surface area contributed by atoms with Gasteiger partial charge in [0.1, 0.15) is 8.07 Å². The maximum atomic E-state index is 14.0. The van der Waals surface area contributed by atoms with E-state index in [1.54, 1.807) is 12.1 Å². The summed E-state index contributed by atoms with van der Waals surface area (Å²) in [5.41, 5.74) is 5.11. The number of ether oxygens (including phenoxy) is 1. The second kappa shape index (κ2) is 10.9. The number of benzene rings is 3. The summed E-state index contributed by atoms with van der Waals surface area (Å²) in [6, 6.07) is 21.5. The molecule has 0 radical (unpaired) electrons. The summed E-state index contributed by atoms with van der Waals surface area (Å²) in [6.45, 7) is 4.45. The van der Waals surface area contributed by atoms with Gasteiger partial charge in [0.15, 0.2) is 5.60 Å². The zero-order chi connectivity index (χ0) is 32.6.